The molecule has 2 N–H and O–H groups in total. The fraction of sp³-hybridized carbons (Fsp3) is 0.364. The quantitative estimate of drug-likeness (QED) is 0.659. The van der Waals surface area contributed by atoms with Gasteiger partial charge in [0.25, 0.3) is 5.69 Å². The van der Waals surface area contributed by atoms with Crippen LogP contribution in [0.5, 0.6) is 0 Å². The van der Waals surface area contributed by atoms with E-state index >= 15 is 0 Å². The second-order valence-electron chi connectivity index (χ2n) is 4.25. The molecule has 0 unspecified atom stereocenters. The lowest BCUT2D eigenvalue weighted by Gasteiger charge is -2.22. The molecule has 0 spiro atoms. The van der Waals surface area contributed by atoms with E-state index in [1.54, 1.807) is 27.0 Å². The second kappa shape index (κ2) is 5.45. The third-order valence-electron chi connectivity index (χ3n) is 2.60. The van der Waals surface area contributed by atoms with Crippen LogP contribution in [0.1, 0.15) is 13.8 Å². The van der Waals surface area contributed by atoms with Gasteiger partial charge in [-0.3, -0.25) is 14.9 Å². The maximum atomic E-state index is 11.9. The van der Waals surface area contributed by atoms with Gasteiger partial charge in [0, 0.05) is 10.5 Å². The molecule has 98 valence electrons. The van der Waals surface area contributed by atoms with Crippen LogP contribution in [0.15, 0.2) is 22.7 Å². The van der Waals surface area contributed by atoms with E-state index in [0.717, 1.165) is 0 Å². The van der Waals surface area contributed by atoms with Gasteiger partial charge in [-0.2, -0.15) is 0 Å². The van der Waals surface area contributed by atoms with Gasteiger partial charge in [-0.05, 0) is 33.0 Å². The minimum Gasteiger partial charge on any atom is -0.319 e. The Balaban J connectivity index is 3.05. The van der Waals surface area contributed by atoms with Crippen LogP contribution in [0, 0.1) is 10.1 Å². The van der Waals surface area contributed by atoms with Gasteiger partial charge in [-0.15, -0.1) is 0 Å². The first kappa shape index (κ1) is 14.6. The van der Waals surface area contributed by atoms with Crippen LogP contribution in [0.3, 0.4) is 0 Å². The first-order valence-corrected chi connectivity index (χ1v) is 6.01. The first-order valence-electron chi connectivity index (χ1n) is 5.22. The van der Waals surface area contributed by atoms with Crippen molar-refractivity contribution in [1.82, 2.24) is 5.32 Å². The normalized spacial score (nSPS) is 11.1. The summed E-state index contributed by atoms with van der Waals surface area (Å²) in [5.74, 6) is -0.338. The smallest absolute Gasteiger partial charge is 0.293 e. The number of hydrogen-bond acceptors (Lipinski definition) is 4. The molecule has 0 bridgehead atoms. The molecule has 0 aliphatic rings. The molecule has 0 aromatic heterocycles. The average molecular weight is 316 g/mol. The summed E-state index contributed by atoms with van der Waals surface area (Å²) in [4.78, 5) is 22.3. The van der Waals surface area contributed by atoms with Gasteiger partial charge in [0.15, 0.2) is 0 Å². The zero-order valence-electron chi connectivity index (χ0n) is 10.3. The number of anilines is 1. The lowest BCUT2D eigenvalue weighted by Crippen LogP contribution is -2.47. The molecule has 0 fully saturated rings. The largest absolute Gasteiger partial charge is 0.319 e. The highest BCUT2D eigenvalue weighted by Gasteiger charge is 2.27. The van der Waals surface area contributed by atoms with Gasteiger partial charge in [0.1, 0.15) is 5.69 Å². The van der Waals surface area contributed by atoms with Crippen LogP contribution in [0.4, 0.5) is 11.4 Å². The lowest BCUT2D eigenvalue weighted by molar-refractivity contribution is -0.384. The average Bonchev–Trinajstić information content (AvgIpc) is 2.31. The summed E-state index contributed by atoms with van der Waals surface area (Å²) in [6.45, 7) is 3.38. The van der Waals surface area contributed by atoms with E-state index in [9.17, 15) is 14.9 Å². The van der Waals surface area contributed by atoms with Gasteiger partial charge >= 0.3 is 0 Å². The number of nitro groups is 1. The lowest BCUT2D eigenvalue weighted by atomic mass is 10.1. The maximum absolute atomic E-state index is 11.9. The topological polar surface area (TPSA) is 84.3 Å². The van der Waals surface area contributed by atoms with Gasteiger partial charge < -0.3 is 10.6 Å². The summed E-state index contributed by atoms with van der Waals surface area (Å²) >= 11 is 3.15. The monoisotopic (exact) mass is 315 g/mol. The van der Waals surface area contributed by atoms with Gasteiger partial charge in [0.2, 0.25) is 5.91 Å². The van der Waals surface area contributed by atoms with Crippen LogP contribution in [-0.4, -0.2) is 23.4 Å². The first-order chi connectivity index (χ1) is 8.27. The molecular formula is C11H14BrN3O3. The fourth-order valence-corrected chi connectivity index (χ4v) is 1.50. The minimum absolute atomic E-state index is 0.148. The van der Waals surface area contributed by atoms with Gasteiger partial charge in [0.05, 0.1) is 10.5 Å². The molecule has 0 saturated heterocycles. The Morgan fingerprint density at radius 2 is 2.06 bits per heavy atom. The molecule has 0 aliphatic carbocycles. The van der Waals surface area contributed by atoms with E-state index in [-0.39, 0.29) is 17.3 Å². The number of benzene rings is 1. The number of carbonyl (C=O) groups excluding carboxylic acids is 1. The summed E-state index contributed by atoms with van der Waals surface area (Å²) in [5, 5.41) is 16.3. The molecule has 1 amide bonds. The van der Waals surface area contributed by atoms with Crippen LogP contribution >= 0.6 is 15.9 Å². The maximum Gasteiger partial charge on any atom is 0.293 e. The molecule has 1 aromatic rings. The molecule has 18 heavy (non-hydrogen) atoms. The third-order valence-corrected chi connectivity index (χ3v) is 3.09. The van der Waals surface area contributed by atoms with Crippen molar-refractivity contribution in [3.8, 4) is 0 Å². The Hall–Kier alpha value is -1.47. The van der Waals surface area contributed by atoms with E-state index in [1.165, 1.54) is 12.1 Å². The van der Waals surface area contributed by atoms with Crippen molar-refractivity contribution in [1.29, 1.82) is 0 Å². The van der Waals surface area contributed by atoms with Crippen molar-refractivity contribution in [3.05, 3.63) is 32.8 Å². The van der Waals surface area contributed by atoms with Gasteiger partial charge in [-0.25, -0.2) is 0 Å². The molecule has 1 rings (SSSR count). The predicted molar refractivity (Wildman–Crippen MR) is 72.6 cm³/mol. The number of halogens is 1. The van der Waals surface area contributed by atoms with Crippen LogP contribution in [-0.2, 0) is 4.79 Å². The van der Waals surface area contributed by atoms with E-state index in [4.69, 9.17) is 0 Å². The van der Waals surface area contributed by atoms with Crippen molar-refractivity contribution >= 4 is 33.2 Å². The number of likely N-dealkylation sites (N-methyl/N-ethyl adjacent to an activating group) is 1. The molecule has 0 atom stereocenters. The van der Waals surface area contributed by atoms with Crippen molar-refractivity contribution < 1.29 is 9.72 Å². The Bertz CT molecular complexity index is 488. The molecule has 7 heteroatoms. The van der Waals surface area contributed by atoms with Crippen molar-refractivity contribution in [2.45, 2.75) is 19.4 Å². The Morgan fingerprint density at radius 1 is 1.44 bits per heavy atom. The molecular weight excluding hydrogens is 302 g/mol. The zero-order valence-corrected chi connectivity index (χ0v) is 11.9. The van der Waals surface area contributed by atoms with Crippen molar-refractivity contribution in [2.75, 3.05) is 12.4 Å². The Morgan fingerprint density at radius 3 is 2.56 bits per heavy atom. The van der Waals surface area contributed by atoms with E-state index in [0.29, 0.717) is 4.47 Å². The number of amides is 1. The number of carbonyl (C=O) groups is 1. The van der Waals surface area contributed by atoms with E-state index in [2.05, 4.69) is 26.6 Å². The Labute approximate surface area is 113 Å². The van der Waals surface area contributed by atoms with E-state index < -0.39 is 10.5 Å². The summed E-state index contributed by atoms with van der Waals surface area (Å²) in [6, 6.07) is 4.48. The van der Waals surface area contributed by atoms with Crippen LogP contribution < -0.4 is 10.6 Å². The minimum atomic E-state index is -0.805. The number of nitrogens with zero attached hydrogens (tertiary/aromatic N) is 1. The summed E-state index contributed by atoms with van der Waals surface area (Å²) < 4.78 is 0.583. The SMILES string of the molecule is CNC(C)(C)C(=O)Nc1ccc(Br)cc1[N+](=O)[O-]. The predicted octanol–water partition coefficient (Wildman–Crippen LogP) is 2.29. The van der Waals surface area contributed by atoms with Gasteiger partial charge in [-0.1, -0.05) is 15.9 Å². The summed E-state index contributed by atoms with van der Waals surface area (Å²) in [5.41, 5.74) is -0.776. The number of nitro benzene ring substituents is 1. The Kier molecular flexibility index (Phi) is 4.42. The van der Waals surface area contributed by atoms with E-state index in [1.807, 2.05) is 0 Å². The van der Waals surface area contributed by atoms with Crippen molar-refractivity contribution in [2.24, 2.45) is 0 Å². The highest BCUT2D eigenvalue weighted by molar-refractivity contribution is 9.10. The highest BCUT2D eigenvalue weighted by atomic mass is 79.9. The standard InChI is InChI=1S/C11H14BrN3O3/c1-11(2,13-3)10(16)14-8-5-4-7(12)6-9(8)15(17)18/h4-6,13H,1-3H3,(H,14,16). The van der Waals surface area contributed by atoms with Crippen molar-refractivity contribution in [3.63, 3.8) is 0 Å². The molecule has 0 aliphatic heterocycles. The zero-order chi connectivity index (χ0) is 13.9. The number of hydrogen-bond donors (Lipinski definition) is 2. The van der Waals surface area contributed by atoms with Crippen LogP contribution in [0.25, 0.3) is 0 Å². The highest BCUT2D eigenvalue weighted by Crippen LogP contribution is 2.28. The molecule has 0 heterocycles. The third kappa shape index (κ3) is 3.27. The fourth-order valence-electron chi connectivity index (χ4n) is 1.15. The molecule has 0 radical (unpaired) electrons. The number of nitrogens with one attached hydrogen (secondary N) is 2. The second-order valence-corrected chi connectivity index (χ2v) is 5.16. The van der Waals surface area contributed by atoms with Crippen LogP contribution in [0.2, 0.25) is 0 Å². The molecule has 1 aromatic carbocycles. The molecule has 0 saturated carbocycles. The molecule has 6 nitrogen and oxygen atoms in total. The summed E-state index contributed by atoms with van der Waals surface area (Å²) in [6.07, 6.45) is 0. The summed E-state index contributed by atoms with van der Waals surface area (Å²) in [7, 11) is 1.65. The number of rotatable bonds is 4.